The van der Waals surface area contributed by atoms with Crippen LogP contribution in [-0.2, 0) is 11.3 Å². The molecule has 10 heteroatoms. The molecule has 0 radical (unpaired) electrons. The third kappa shape index (κ3) is 5.38. The number of carbonyl (C=O) groups excluding carboxylic acids is 1. The zero-order valence-corrected chi connectivity index (χ0v) is 19.4. The fourth-order valence-corrected chi connectivity index (χ4v) is 5.53. The molecule has 0 saturated carbocycles. The molecule has 0 unspecified atom stereocenters. The van der Waals surface area contributed by atoms with Crippen LogP contribution in [-0.4, -0.2) is 38.8 Å². The maximum absolute atomic E-state index is 13.0. The Hall–Kier alpha value is -2.56. The molecule has 0 saturated heterocycles. The minimum Gasteiger partial charge on any atom is -0.356 e. The molecule has 1 N–H and O–H groups in total. The van der Waals surface area contributed by atoms with E-state index >= 15 is 0 Å². The number of hydrogen-bond acceptors (Lipinski definition) is 8. The van der Waals surface area contributed by atoms with Crippen molar-refractivity contribution >= 4 is 55.7 Å². The molecule has 2 heterocycles. The zero-order valence-electron chi connectivity index (χ0n) is 16.9. The maximum Gasteiger partial charge on any atom is 0.233 e. The molecule has 6 nitrogen and oxygen atoms in total. The van der Waals surface area contributed by atoms with E-state index in [0.29, 0.717) is 11.7 Å². The first-order chi connectivity index (χ1) is 15.0. The largest absolute Gasteiger partial charge is 0.356 e. The van der Waals surface area contributed by atoms with Gasteiger partial charge in [-0.25, -0.2) is 9.37 Å². The normalized spacial score (nSPS) is 12.1. The Morgan fingerprint density at radius 2 is 1.94 bits per heavy atom. The lowest BCUT2D eigenvalue weighted by Crippen LogP contribution is -2.31. The predicted molar refractivity (Wildman–Crippen MR) is 125 cm³/mol. The van der Waals surface area contributed by atoms with E-state index in [0.717, 1.165) is 25.1 Å². The van der Waals surface area contributed by atoms with Crippen LogP contribution in [0.2, 0.25) is 0 Å². The van der Waals surface area contributed by atoms with Gasteiger partial charge >= 0.3 is 0 Å². The molecular weight excluding hydrogens is 453 g/mol. The van der Waals surface area contributed by atoms with E-state index in [9.17, 15) is 9.18 Å². The van der Waals surface area contributed by atoms with Crippen molar-refractivity contribution in [1.82, 2.24) is 20.1 Å². The molecule has 0 bridgehead atoms. The highest BCUT2D eigenvalue weighted by atomic mass is 32.2. The summed E-state index contributed by atoms with van der Waals surface area (Å²) in [5.74, 6) is 0.0245. The number of thiazole rings is 1. The summed E-state index contributed by atoms with van der Waals surface area (Å²) in [5.41, 5.74) is 1.91. The number of benzene rings is 2. The first-order valence-corrected chi connectivity index (χ1v) is 12.2. The summed E-state index contributed by atoms with van der Waals surface area (Å²) < 4.78 is 14.8. The van der Waals surface area contributed by atoms with E-state index in [4.69, 9.17) is 0 Å². The quantitative estimate of drug-likeness (QED) is 0.354. The van der Waals surface area contributed by atoms with Gasteiger partial charge < -0.3 is 10.2 Å². The number of anilines is 1. The van der Waals surface area contributed by atoms with Crippen molar-refractivity contribution in [2.24, 2.45) is 0 Å². The van der Waals surface area contributed by atoms with Gasteiger partial charge in [-0.2, -0.15) is 0 Å². The molecule has 2 aromatic carbocycles. The molecule has 31 heavy (non-hydrogen) atoms. The van der Waals surface area contributed by atoms with Gasteiger partial charge in [-0.15, -0.1) is 21.5 Å². The number of fused-ring (bicyclic) bond motifs is 1. The number of carbonyl (C=O) groups is 1. The Bertz CT molecular complexity index is 1140. The summed E-state index contributed by atoms with van der Waals surface area (Å²) in [7, 11) is 1.80. The van der Waals surface area contributed by atoms with Crippen molar-refractivity contribution in [3.63, 3.8) is 0 Å². The van der Waals surface area contributed by atoms with E-state index in [1.165, 1.54) is 35.2 Å². The van der Waals surface area contributed by atoms with Gasteiger partial charge in [-0.1, -0.05) is 47.4 Å². The topological polar surface area (TPSA) is 71.0 Å². The molecule has 0 fully saturated rings. The number of aromatic nitrogens is 3. The third-order valence-corrected chi connectivity index (χ3v) is 7.93. The van der Waals surface area contributed by atoms with Crippen LogP contribution in [0, 0.1) is 5.82 Å². The maximum atomic E-state index is 13.0. The number of para-hydroxylation sites is 1. The smallest absolute Gasteiger partial charge is 0.233 e. The van der Waals surface area contributed by atoms with Gasteiger partial charge in [0.05, 0.1) is 22.0 Å². The van der Waals surface area contributed by atoms with Crippen molar-refractivity contribution < 1.29 is 9.18 Å². The second-order valence-electron chi connectivity index (χ2n) is 6.84. The molecule has 2 aromatic heterocycles. The summed E-state index contributed by atoms with van der Waals surface area (Å²) in [6.45, 7) is 2.52. The minimum absolute atomic E-state index is 0.00720. The van der Waals surface area contributed by atoms with Crippen LogP contribution >= 0.6 is 34.4 Å². The van der Waals surface area contributed by atoms with E-state index in [1.807, 2.05) is 31.2 Å². The summed E-state index contributed by atoms with van der Waals surface area (Å²) in [4.78, 5) is 19.1. The summed E-state index contributed by atoms with van der Waals surface area (Å²) in [6, 6.07) is 14.2. The molecule has 0 aliphatic rings. The zero-order chi connectivity index (χ0) is 21.8. The van der Waals surface area contributed by atoms with Crippen LogP contribution < -0.4 is 5.32 Å². The molecule has 1 amide bonds. The highest BCUT2D eigenvalue weighted by Crippen LogP contribution is 2.30. The lowest BCUT2D eigenvalue weighted by molar-refractivity contribution is -0.128. The van der Waals surface area contributed by atoms with Gasteiger partial charge in [0.2, 0.25) is 11.0 Å². The molecule has 4 aromatic rings. The van der Waals surface area contributed by atoms with E-state index < -0.39 is 0 Å². The van der Waals surface area contributed by atoms with E-state index in [1.54, 1.807) is 35.4 Å². The second-order valence-corrected chi connectivity index (χ2v) is 10.1. The van der Waals surface area contributed by atoms with Crippen LogP contribution in [0.25, 0.3) is 10.2 Å². The summed E-state index contributed by atoms with van der Waals surface area (Å²) in [5, 5.41) is 13.0. The van der Waals surface area contributed by atoms with Crippen molar-refractivity contribution in [1.29, 1.82) is 0 Å². The number of thioether (sulfide) groups is 1. The average molecular weight is 474 g/mol. The number of nitrogens with zero attached hydrogens (tertiary/aromatic N) is 4. The fraction of sp³-hybridized carbons (Fsp3) is 0.238. The lowest BCUT2D eigenvalue weighted by Gasteiger charge is -2.22. The molecule has 0 aliphatic heterocycles. The molecule has 4 rings (SSSR count). The molecule has 1 atom stereocenters. The van der Waals surface area contributed by atoms with Gasteiger partial charge in [-0.05, 0) is 36.8 Å². The number of amides is 1. The number of rotatable bonds is 8. The Morgan fingerprint density at radius 3 is 2.71 bits per heavy atom. The van der Waals surface area contributed by atoms with Crippen molar-refractivity contribution in [2.45, 2.75) is 23.8 Å². The lowest BCUT2D eigenvalue weighted by atomic mass is 10.2. The molecule has 0 aliphatic carbocycles. The van der Waals surface area contributed by atoms with Crippen LogP contribution in [0.5, 0.6) is 0 Å². The minimum atomic E-state index is -0.259. The Morgan fingerprint density at radius 1 is 1.16 bits per heavy atom. The van der Waals surface area contributed by atoms with Gasteiger partial charge in [0.15, 0.2) is 4.34 Å². The second kappa shape index (κ2) is 9.71. The van der Waals surface area contributed by atoms with Gasteiger partial charge in [0.25, 0.3) is 0 Å². The Kier molecular flexibility index (Phi) is 6.79. The highest BCUT2D eigenvalue weighted by molar-refractivity contribution is 8.01. The van der Waals surface area contributed by atoms with Crippen molar-refractivity contribution in [2.75, 3.05) is 18.1 Å². The average Bonchev–Trinajstić information content (AvgIpc) is 3.43. The highest BCUT2D eigenvalue weighted by Gasteiger charge is 2.21. The third-order valence-electron chi connectivity index (χ3n) is 4.72. The summed E-state index contributed by atoms with van der Waals surface area (Å²) >= 11 is 4.37. The SMILES string of the molecule is C[C@H](c1nc2ccccc2s1)N(C)C(=O)CSc1nnc(NCc2ccc(F)cc2)s1. The Balaban J connectivity index is 1.29. The molecule has 160 valence electrons. The van der Waals surface area contributed by atoms with Crippen molar-refractivity contribution in [3.8, 4) is 0 Å². The van der Waals surface area contributed by atoms with E-state index in [2.05, 4.69) is 20.5 Å². The number of nitrogens with one attached hydrogen (secondary N) is 1. The van der Waals surface area contributed by atoms with Gasteiger partial charge in [-0.3, -0.25) is 4.79 Å². The number of hydrogen-bond donors (Lipinski definition) is 1. The van der Waals surface area contributed by atoms with Crippen LogP contribution in [0.4, 0.5) is 9.52 Å². The molecule has 0 spiro atoms. The van der Waals surface area contributed by atoms with Crippen LogP contribution in [0.15, 0.2) is 52.9 Å². The van der Waals surface area contributed by atoms with Gasteiger partial charge in [0.1, 0.15) is 10.8 Å². The van der Waals surface area contributed by atoms with Crippen LogP contribution in [0.3, 0.4) is 0 Å². The van der Waals surface area contributed by atoms with Gasteiger partial charge in [0, 0.05) is 13.6 Å². The monoisotopic (exact) mass is 473 g/mol. The molecular formula is C21H20FN5OS3. The standard InChI is InChI=1S/C21H20FN5OS3/c1-13(19-24-16-5-3-4-6-17(16)30-19)27(2)18(28)12-29-21-26-25-20(31-21)23-11-14-7-9-15(22)10-8-14/h3-10,13H,11-12H2,1-2H3,(H,23,25)/t13-/m1/s1. The number of halogens is 1. The first kappa shape index (κ1) is 21.7. The summed E-state index contributed by atoms with van der Waals surface area (Å²) in [6.07, 6.45) is 0. The predicted octanol–water partition coefficient (Wildman–Crippen LogP) is 5.21. The Labute approximate surface area is 191 Å². The fourth-order valence-electron chi connectivity index (χ4n) is 2.80. The van der Waals surface area contributed by atoms with Crippen LogP contribution in [0.1, 0.15) is 23.5 Å². The van der Waals surface area contributed by atoms with Crippen molar-refractivity contribution in [3.05, 3.63) is 64.9 Å². The van der Waals surface area contributed by atoms with E-state index in [-0.39, 0.29) is 23.5 Å². The first-order valence-electron chi connectivity index (χ1n) is 9.55.